The van der Waals surface area contributed by atoms with E-state index in [1.54, 1.807) is 0 Å². The highest BCUT2D eigenvalue weighted by atomic mass is 16.5. The molecule has 3 unspecified atom stereocenters. The van der Waals surface area contributed by atoms with Crippen molar-refractivity contribution in [2.75, 3.05) is 12.3 Å². The molecule has 116 valence electrons. The molecule has 0 aliphatic heterocycles. The van der Waals surface area contributed by atoms with Gasteiger partial charge in [-0.2, -0.15) is 0 Å². The summed E-state index contributed by atoms with van der Waals surface area (Å²) in [5.74, 6) is 2.41. The van der Waals surface area contributed by atoms with Crippen LogP contribution in [0.5, 0.6) is 11.5 Å². The SMILES string of the molecule is CCOc1cc(N)cc(OC2CC3CCC2(C)C3(C)C)c1. The Morgan fingerprint density at radius 2 is 1.90 bits per heavy atom. The first-order valence-corrected chi connectivity index (χ1v) is 8.07. The highest BCUT2D eigenvalue weighted by Gasteiger charge is 2.62. The number of benzene rings is 1. The molecule has 21 heavy (non-hydrogen) atoms. The number of hydrogen-bond acceptors (Lipinski definition) is 3. The molecule has 1 aromatic carbocycles. The first kappa shape index (κ1) is 14.6. The lowest BCUT2D eigenvalue weighted by Gasteiger charge is -2.38. The molecule has 2 N–H and O–H groups in total. The Morgan fingerprint density at radius 1 is 1.19 bits per heavy atom. The highest BCUT2D eigenvalue weighted by molar-refractivity contribution is 5.50. The fourth-order valence-corrected chi connectivity index (χ4v) is 4.38. The van der Waals surface area contributed by atoms with Gasteiger partial charge in [0.15, 0.2) is 0 Å². The van der Waals surface area contributed by atoms with Crippen LogP contribution in [0.2, 0.25) is 0 Å². The molecular formula is C18H27NO2. The molecule has 2 saturated carbocycles. The molecule has 2 fully saturated rings. The van der Waals surface area contributed by atoms with Crippen molar-refractivity contribution in [2.45, 2.75) is 53.1 Å². The molecule has 3 nitrogen and oxygen atoms in total. The fourth-order valence-electron chi connectivity index (χ4n) is 4.38. The van der Waals surface area contributed by atoms with E-state index in [4.69, 9.17) is 15.2 Å². The van der Waals surface area contributed by atoms with Gasteiger partial charge < -0.3 is 15.2 Å². The first-order chi connectivity index (χ1) is 9.86. The number of anilines is 1. The summed E-state index contributed by atoms with van der Waals surface area (Å²) in [5, 5.41) is 0. The van der Waals surface area contributed by atoms with E-state index >= 15 is 0 Å². The number of ether oxygens (including phenoxy) is 2. The number of rotatable bonds is 4. The molecule has 0 saturated heterocycles. The molecule has 3 atom stereocenters. The lowest BCUT2D eigenvalue weighted by molar-refractivity contribution is 0.0301. The van der Waals surface area contributed by atoms with Crippen LogP contribution < -0.4 is 15.2 Å². The first-order valence-electron chi connectivity index (χ1n) is 8.07. The molecule has 0 heterocycles. The normalized spacial score (nSPS) is 33.1. The predicted molar refractivity (Wildman–Crippen MR) is 85.7 cm³/mol. The van der Waals surface area contributed by atoms with Gasteiger partial charge in [0.2, 0.25) is 0 Å². The summed E-state index contributed by atoms with van der Waals surface area (Å²) >= 11 is 0. The van der Waals surface area contributed by atoms with Crippen LogP contribution >= 0.6 is 0 Å². The van der Waals surface area contributed by atoms with Crippen LogP contribution in [0.25, 0.3) is 0 Å². The van der Waals surface area contributed by atoms with Crippen molar-refractivity contribution in [3.63, 3.8) is 0 Å². The summed E-state index contributed by atoms with van der Waals surface area (Å²) in [4.78, 5) is 0. The van der Waals surface area contributed by atoms with Gasteiger partial charge >= 0.3 is 0 Å². The van der Waals surface area contributed by atoms with Crippen molar-refractivity contribution in [3.8, 4) is 11.5 Å². The molecule has 0 spiro atoms. The fraction of sp³-hybridized carbons (Fsp3) is 0.667. The van der Waals surface area contributed by atoms with E-state index in [-0.39, 0.29) is 11.5 Å². The van der Waals surface area contributed by atoms with E-state index in [0.717, 1.165) is 23.8 Å². The molecule has 1 aromatic rings. The molecule has 3 rings (SSSR count). The van der Waals surface area contributed by atoms with Gasteiger partial charge in [0, 0.05) is 29.3 Å². The third kappa shape index (κ3) is 2.18. The lowest BCUT2D eigenvalue weighted by atomic mass is 9.70. The summed E-state index contributed by atoms with van der Waals surface area (Å²) < 4.78 is 11.9. The second-order valence-electron chi connectivity index (χ2n) is 7.39. The van der Waals surface area contributed by atoms with E-state index < -0.39 is 0 Å². The number of hydrogen-bond donors (Lipinski definition) is 1. The maximum atomic E-state index is 6.36. The van der Waals surface area contributed by atoms with Gasteiger partial charge in [-0.3, -0.25) is 0 Å². The Hall–Kier alpha value is -1.38. The second kappa shape index (κ2) is 4.82. The average molecular weight is 289 g/mol. The lowest BCUT2D eigenvalue weighted by Crippen LogP contribution is -2.38. The molecular weight excluding hydrogens is 262 g/mol. The van der Waals surface area contributed by atoms with E-state index in [0.29, 0.717) is 17.7 Å². The Morgan fingerprint density at radius 3 is 2.48 bits per heavy atom. The molecule has 0 radical (unpaired) electrons. The van der Waals surface area contributed by atoms with Gasteiger partial charge in [-0.15, -0.1) is 0 Å². The van der Waals surface area contributed by atoms with E-state index in [9.17, 15) is 0 Å². The van der Waals surface area contributed by atoms with Crippen LogP contribution in [-0.2, 0) is 0 Å². The maximum absolute atomic E-state index is 6.36. The predicted octanol–water partition coefficient (Wildman–Crippen LogP) is 4.26. The standard InChI is InChI=1S/C18H27NO2/c1-5-20-14-9-13(19)10-15(11-14)21-16-8-12-6-7-18(16,4)17(12,2)3/h9-12,16H,5-8,19H2,1-4H3. The van der Waals surface area contributed by atoms with Crippen molar-refractivity contribution in [1.82, 2.24) is 0 Å². The van der Waals surface area contributed by atoms with Gasteiger partial charge in [0.25, 0.3) is 0 Å². The highest BCUT2D eigenvalue weighted by Crippen LogP contribution is 2.66. The van der Waals surface area contributed by atoms with Crippen LogP contribution in [-0.4, -0.2) is 12.7 Å². The molecule has 2 bridgehead atoms. The summed E-state index contributed by atoms with van der Waals surface area (Å²) in [7, 11) is 0. The van der Waals surface area contributed by atoms with Crippen molar-refractivity contribution in [2.24, 2.45) is 16.7 Å². The molecule has 0 aromatic heterocycles. The van der Waals surface area contributed by atoms with Crippen LogP contribution in [0.3, 0.4) is 0 Å². The maximum Gasteiger partial charge on any atom is 0.125 e. The minimum atomic E-state index is 0.258. The number of nitrogens with two attached hydrogens (primary N) is 1. The zero-order valence-corrected chi connectivity index (χ0v) is 13.6. The largest absolute Gasteiger partial charge is 0.494 e. The minimum Gasteiger partial charge on any atom is -0.494 e. The van der Waals surface area contributed by atoms with Crippen LogP contribution in [0.15, 0.2) is 18.2 Å². The Bertz CT molecular complexity index is 540. The van der Waals surface area contributed by atoms with Gasteiger partial charge in [-0.25, -0.2) is 0 Å². The van der Waals surface area contributed by atoms with Crippen LogP contribution in [0.4, 0.5) is 5.69 Å². The van der Waals surface area contributed by atoms with E-state index in [2.05, 4.69) is 20.8 Å². The zero-order chi connectivity index (χ0) is 15.3. The molecule has 2 aliphatic rings. The van der Waals surface area contributed by atoms with Crippen LogP contribution in [0, 0.1) is 16.7 Å². The quantitative estimate of drug-likeness (QED) is 0.842. The number of nitrogen functional groups attached to an aromatic ring is 1. The summed E-state index contributed by atoms with van der Waals surface area (Å²) in [6.45, 7) is 9.81. The number of fused-ring (bicyclic) bond motifs is 2. The van der Waals surface area contributed by atoms with Gasteiger partial charge in [-0.05, 0) is 37.5 Å². The summed E-state index contributed by atoms with van der Waals surface area (Å²) in [5.41, 5.74) is 7.28. The average Bonchev–Trinajstić information content (AvgIpc) is 2.71. The second-order valence-corrected chi connectivity index (χ2v) is 7.39. The van der Waals surface area contributed by atoms with Crippen molar-refractivity contribution in [1.29, 1.82) is 0 Å². The third-order valence-electron chi connectivity index (χ3n) is 6.21. The Labute approximate surface area is 127 Å². The molecule has 2 aliphatic carbocycles. The molecule has 3 heteroatoms. The third-order valence-corrected chi connectivity index (χ3v) is 6.21. The van der Waals surface area contributed by atoms with E-state index in [1.807, 2.05) is 25.1 Å². The van der Waals surface area contributed by atoms with Crippen molar-refractivity contribution >= 4 is 5.69 Å². The van der Waals surface area contributed by atoms with Gasteiger partial charge in [0.1, 0.15) is 17.6 Å². The van der Waals surface area contributed by atoms with Crippen molar-refractivity contribution < 1.29 is 9.47 Å². The van der Waals surface area contributed by atoms with Gasteiger partial charge in [-0.1, -0.05) is 20.8 Å². The summed E-state index contributed by atoms with van der Waals surface area (Å²) in [6.07, 6.45) is 4.03. The zero-order valence-electron chi connectivity index (χ0n) is 13.6. The van der Waals surface area contributed by atoms with Crippen LogP contribution in [0.1, 0.15) is 47.0 Å². The Balaban J connectivity index is 1.82. The topological polar surface area (TPSA) is 44.5 Å². The molecule has 0 amide bonds. The minimum absolute atomic E-state index is 0.258. The monoisotopic (exact) mass is 289 g/mol. The van der Waals surface area contributed by atoms with Crippen molar-refractivity contribution in [3.05, 3.63) is 18.2 Å². The van der Waals surface area contributed by atoms with E-state index in [1.165, 1.54) is 12.8 Å². The van der Waals surface area contributed by atoms with Gasteiger partial charge in [0.05, 0.1) is 6.61 Å². The smallest absolute Gasteiger partial charge is 0.125 e. The Kier molecular flexibility index (Phi) is 3.34. The summed E-state index contributed by atoms with van der Waals surface area (Å²) in [6, 6.07) is 5.72.